The second-order valence-electron chi connectivity index (χ2n) is 7.50. The molecule has 2 saturated heterocycles. The highest BCUT2D eigenvalue weighted by atomic mass is 16.3. The minimum atomic E-state index is -1.03. The molecular weight excluding hydrogens is 316 g/mol. The van der Waals surface area contributed by atoms with Crippen molar-refractivity contribution < 1.29 is 9.90 Å². The summed E-state index contributed by atoms with van der Waals surface area (Å²) in [5.41, 5.74) is 1.64. The quantitative estimate of drug-likeness (QED) is 0.612. The highest BCUT2D eigenvalue weighted by molar-refractivity contribution is 5.97. The van der Waals surface area contributed by atoms with Gasteiger partial charge in [0, 0.05) is 25.8 Å². The third-order valence-corrected chi connectivity index (χ3v) is 5.93. The van der Waals surface area contributed by atoms with Gasteiger partial charge in [-0.15, -0.1) is 0 Å². The van der Waals surface area contributed by atoms with Crippen LogP contribution in [0.1, 0.15) is 47.0 Å². The van der Waals surface area contributed by atoms with E-state index in [1.54, 1.807) is 30.8 Å². The second kappa shape index (κ2) is 7.19. The van der Waals surface area contributed by atoms with Crippen molar-refractivity contribution >= 4 is 5.91 Å². The minimum Gasteiger partial charge on any atom is -0.374 e. The maximum Gasteiger partial charge on any atom is 0.255 e. The van der Waals surface area contributed by atoms with E-state index in [-0.39, 0.29) is 11.5 Å². The number of nitrogens with zero attached hydrogens (tertiary/aromatic N) is 4. The summed E-state index contributed by atoms with van der Waals surface area (Å²) in [6, 6.07) is 2.27. The normalized spacial score (nSPS) is 27.8. The Morgan fingerprint density at radius 3 is 2.28 bits per heavy atom. The van der Waals surface area contributed by atoms with Crippen molar-refractivity contribution in [1.29, 1.82) is 5.26 Å². The molecule has 0 aromatic heterocycles. The van der Waals surface area contributed by atoms with Crippen molar-refractivity contribution in [3.8, 4) is 6.07 Å². The summed E-state index contributed by atoms with van der Waals surface area (Å²) in [7, 11) is 3.51. The van der Waals surface area contributed by atoms with E-state index in [9.17, 15) is 15.2 Å². The smallest absolute Gasteiger partial charge is 0.255 e. The van der Waals surface area contributed by atoms with Crippen LogP contribution in [0.15, 0.2) is 22.4 Å². The minimum absolute atomic E-state index is 0.229. The van der Waals surface area contributed by atoms with Crippen LogP contribution in [-0.2, 0) is 4.79 Å². The van der Waals surface area contributed by atoms with Crippen molar-refractivity contribution in [1.82, 2.24) is 14.7 Å². The number of hydrogen-bond acceptors (Lipinski definition) is 5. The average molecular weight is 346 g/mol. The van der Waals surface area contributed by atoms with Crippen LogP contribution in [0.25, 0.3) is 0 Å². The molecule has 2 heterocycles. The maximum absolute atomic E-state index is 12.9. The van der Waals surface area contributed by atoms with E-state index in [1.807, 2.05) is 20.8 Å². The van der Waals surface area contributed by atoms with Crippen molar-refractivity contribution in [2.45, 2.75) is 58.8 Å². The van der Waals surface area contributed by atoms with Crippen molar-refractivity contribution in [3.05, 3.63) is 22.4 Å². The maximum atomic E-state index is 12.9. The van der Waals surface area contributed by atoms with Crippen LogP contribution in [-0.4, -0.2) is 64.8 Å². The van der Waals surface area contributed by atoms with Crippen LogP contribution < -0.4 is 0 Å². The molecule has 6 heteroatoms. The third kappa shape index (κ3) is 3.31. The third-order valence-electron chi connectivity index (χ3n) is 5.93. The number of allylic oxidation sites excluding steroid dienone is 3. The molecule has 0 saturated carbocycles. The molecule has 2 fully saturated rings. The highest BCUT2D eigenvalue weighted by Gasteiger charge is 2.45. The highest BCUT2D eigenvalue weighted by Crippen LogP contribution is 2.33. The largest absolute Gasteiger partial charge is 0.374 e. The Balaban J connectivity index is 2.52. The van der Waals surface area contributed by atoms with E-state index in [1.165, 1.54) is 6.42 Å². The first kappa shape index (κ1) is 19.5. The summed E-state index contributed by atoms with van der Waals surface area (Å²) in [6.07, 6.45) is 2.42. The number of rotatable bonds is 2. The van der Waals surface area contributed by atoms with Gasteiger partial charge in [0.05, 0.1) is 16.8 Å². The molecule has 1 unspecified atom stereocenters. The molecule has 2 aliphatic heterocycles. The predicted octanol–water partition coefficient (Wildman–Crippen LogP) is 2.04. The number of likely N-dealkylation sites (tertiary alicyclic amines) is 1. The number of carbonyl (C=O) groups is 1. The van der Waals surface area contributed by atoms with Gasteiger partial charge in [-0.3, -0.25) is 9.69 Å². The Morgan fingerprint density at radius 2 is 1.76 bits per heavy atom. The topological polar surface area (TPSA) is 70.8 Å². The molecule has 25 heavy (non-hydrogen) atoms. The molecule has 0 spiro atoms. The number of carbonyl (C=O) groups excluding carboxylic acids is 1. The number of nitriles is 1. The Hall–Kier alpha value is -1.84. The average Bonchev–Trinajstić information content (AvgIpc) is 2.60. The lowest BCUT2D eigenvalue weighted by Gasteiger charge is -2.50. The molecular formula is C19H30N4O2. The Kier molecular flexibility index (Phi) is 5.60. The fourth-order valence-corrected chi connectivity index (χ4v) is 3.58. The summed E-state index contributed by atoms with van der Waals surface area (Å²) in [6.45, 7) is 9.35. The summed E-state index contributed by atoms with van der Waals surface area (Å²) < 4.78 is 0. The Morgan fingerprint density at radius 1 is 1.20 bits per heavy atom. The van der Waals surface area contributed by atoms with Crippen molar-refractivity contribution in [2.24, 2.45) is 0 Å². The number of piperidine rings is 1. The van der Waals surface area contributed by atoms with Gasteiger partial charge in [0.15, 0.2) is 0 Å². The number of aliphatic hydroxyl groups excluding tert-OH is 1. The zero-order valence-electron chi connectivity index (χ0n) is 16.3. The van der Waals surface area contributed by atoms with Gasteiger partial charge in [0.2, 0.25) is 0 Å². The first-order valence-corrected chi connectivity index (χ1v) is 8.90. The molecule has 1 amide bonds. The molecule has 0 radical (unpaired) electrons. The predicted molar refractivity (Wildman–Crippen MR) is 97.1 cm³/mol. The van der Waals surface area contributed by atoms with Gasteiger partial charge in [0.1, 0.15) is 12.3 Å². The van der Waals surface area contributed by atoms with Gasteiger partial charge < -0.3 is 14.9 Å². The lowest BCUT2D eigenvalue weighted by Crippen LogP contribution is -2.65. The summed E-state index contributed by atoms with van der Waals surface area (Å²) in [5.74, 6) is -0.229. The summed E-state index contributed by atoms with van der Waals surface area (Å²) in [5, 5.41) is 20.5. The first-order chi connectivity index (χ1) is 11.6. The molecule has 0 aromatic carbocycles. The van der Waals surface area contributed by atoms with E-state index in [2.05, 4.69) is 11.0 Å². The van der Waals surface area contributed by atoms with Gasteiger partial charge in [0.25, 0.3) is 5.91 Å². The number of likely N-dealkylation sites (N-methyl/N-ethyl adjacent to an activating group) is 2. The van der Waals surface area contributed by atoms with Crippen molar-refractivity contribution in [2.75, 3.05) is 27.2 Å². The molecule has 2 aliphatic rings. The van der Waals surface area contributed by atoms with Gasteiger partial charge in [-0.05, 0) is 59.6 Å². The fraction of sp³-hybridized carbons (Fsp3) is 0.684. The lowest BCUT2D eigenvalue weighted by atomic mass is 9.93. The van der Waals surface area contributed by atoms with E-state index in [0.29, 0.717) is 11.1 Å². The van der Waals surface area contributed by atoms with Crippen LogP contribution in [0, 0.1) is 11.3 Å². The van der Waals surface area contributed by atoms with Crippen LogP contribution >= 0.6 is 0 Å². The fourth-order valence-electron chi connectivity index (χ4n) is 3.58. The summed E-state index contributed by atoms with van der Waals surface area (Å²) >= 11 is 0. The van der Waals surface area contributed by atoms with Crippen LogP contribution in [0.3, 0.4) is 0 Å². The number of amides is 1. The van der Waals surface area contributed by atoms with E-state index < -0.39 is 11.9 Å². The Bertz CT molecular complexity index is 651. The van der Waals surface area contributed by atoms with Crippen molar-refractivity contribution in [3.63, 3.8) is 0 Å². The SMILES string of the molecule is CC(/C(C#N)=C(\C)N1CCCCC1)=C1/C(=O)N(C)C(C)(C)N(C)C1O. The molecule has 1 N–H and O–H groups in total. The van der Waals surface area contributed by atoms with E-state index in [0.717, 1.165) is 31.6 Å². The van der Waals surface area contributed by atoms with E-state index >= 15 is 0 Å². The zero-order valence-corrected chi connectivity index (χ0v) is 16.3. The molecule has 0 bridgehead atoms. The van der Waals surface area contributed by atoms with Crippen LogP contribution in [0.5, 0.6) is 0 Å². The first-order valence-electron chi connectivity index (χ1n) is 8.90. The molecule has 6 nitrogen and oxygen atoms in total. The molecule has 0 aliphatic carbocycles. The van der Waals surface area contributed by atoms with Crippen LogP contribution in [0.4, 0.5) is 0 Å². The van der Waals surface area contributed by atoms with Gasteiger partial charge in [-0.25, -0.2) is 0 Å². The van der Waals surface area contributed by atoms with E-state index in [4.69, 9.17) is 0 Å². The standard InChI is InChI=1S/C19H30N4O2/c1-13(15(12-20)14(2)23-10-8-7-9-11-23)16-17(24)21(5)19(3,4)22(6)18(16)25/h17,24H,7-11H2,1-6H3/b15-14+,16-13-. The molecule has 138 valence electrons. The number of aliphatic hydroxyl groups is 1. The Labute approximate surface area is 151 Å². The molecule has 2 rings (SSSR count). The molecule has 0 aromatic rings. The van der Waals surface area contributed by atoms with Gasteiger partial charge >= 0.3 is 0 Å². The zero-order chi connectivity index (χ0) is 18.9. The lowest BCUT2D eigenvalue weighted by molar-refractivity contribution is -0.159. The van der Waals surface area contributed by atoms with Gasteiger partial charge in [-0.1, -0.05) is 0 Å². The van der Waals surface area contributed by atoms with Crippen LogP contribution in [0.2, 0.25) is 0 Å². The van der Waals surface area contributed by atoms with Gasteiger partial charge in [-0.2, -0.15) is 5.26 Å². The summed E-state index contributed by atoms with van der Waals surface area (Å²) in [4.78, 5) is 18.5. The monoisotopic (exact) mass is 346 g/mol. The number of hydrogen-bond donors (Lipinski definition) is 1. The molecule has 1 atom stereocenters. The second-order valence-corrected chi connectivity index (χ2v) is 7.50.